The third-order valence-electron chi connectivity index (χ3n) is 3.45. The quantitative estimate of drug-likeness (QED) is 0.910. The average Bonchev–Trinajstić information content (AvgIpc) is 2.77. The van der Waals surface area contributed by atoms with Crippen LogP contribution < -0.4 is 5.32 Å². The van der Waals surface area contributed by atoms with E-state index < -0.39 is 0 Å². The van der Waals surface area contributed by atoms with Crippen LogP contribution >= 0.6 is 23.2 Å². The molecular weight excluding hydrogens is 267 g/mol. The maximum atomic E-state index is 6.06. The molecule has 2 nitrogen and oxygen atoms in total. The molecule has 0 amide bonds. The topological polar surface area (TPSA) is 15.3 Å². The molecule has 1 aliphatic heterocycles. The largest absolute Gasteiger partial charge is 0.315 e. The second kappa shape index (κ2) is 6.25. The van der Waals surface area contributed by atoms with E-state index in [-0.39, 0.29) is 0 Å². The van der Waals surface area contributed by atoms with Gasteiger partial charge in [0.2, 0.25) is 0 Å². The molecule has 0 aliphatic carbocycles. The van der Waals surface area contributed by atoms with Crippen molar-refractivity contribution in [2.45, 2.75) is 38.9 Å². The van der Waals surface area contributed by atoms with E-state index in [2.05, 4.69) is 24.1 Å². The van der Waals surface area contributed by atoms with Gasteiger partial charge in [0.25, 0.3) is 0 Å². The van der Waals surface area contributed by atoms with Gasteiger partial charge >= 0.3 is 0 Å². The molecule has 1 aromatic carbocycles. The first kappa shape index (κ1) is 14.1. The second-order valence-corrected chi connectivity index (χ2v) is 6.06. The summed E-state index contributed by atoms with van der Waals surface area (Å²) in [5.74, 6) is 0. The van der Waals surface area contributed by atoms with Crippen molar-refractivity contribution in [2.24, 2.45) is 0 Å². The van der Waals surface area contributed by atoms with Gasteiger partial charge in [0, 0.05) is 35.2 Å². The lowest BCUT2D eigenvalue weighted by Gasteiger charge is -2.32. The van der Waals surface area contributed by atoms with Crippen LogP contribution in [0, 0.1) is 0 Å². The van der Waals surface area contributed by atoms with Gasteiger partial charge in [0.1, 0.15) is 0 Å². The molecule has 1 aliphatic rings. The molecule has 0 spiro atoms. The zero-order valence-corrected chi connectivity index (χ0v) is 12.4. The van der Waals surface area contributed by atoms with Crippen molar-refractivity contribution >= 4 is 23.2 Å². The molecule has 2 rings (SSSR count). The van der Waals surface area contributed by atoms with Gasteiger partial charge in [-0.2, -0.15) is 0 Å². The van der Waals surface area contributed by atoms with Crippen LogP contribution in [-0.4, -0.2) is 30.1 Å². The molecule has 1 aromatic rings. The molecule has 0 saturated carbocycles. The standard InChI is InChI=1S/C14H20Cl2N2/c1-10(2)18(14-3-4-17-8-14)9-11-5-12(15)7-13(16)6-11/h5-7,10,14,17H,3-4,8-9H2,1-2H3/t14-/m0/s1. The van der Waals surface area contributed by atoms with Gasteiger partial charge in [-0.25, -0.2) is 0 Å². The van der Waals surface area contributed by atoms with Gasteiger partial charge in [-0.05, 0) is 50.6 Å². The fourth-order valence-corrected chi connectivity index (χ4v) is 3.14. The van der Waals surface area contributed by atoms with Crippen LogP contribution in [0.5, 0.6) is 0 Å². The highest BCUT2D eigenvalue weighted by Crippen LogP contribution is 2.22. The molecule has 4 heteroatoms. The SMILES string of the molecule is CC(C)N(Cc1cc(Cl)cc(Cl)c1)[C@H]1CCNC1. The van der Waals surface area contributed by atoms with E-state index in [1.807, 2.05) is 12.1 Å². The summed E-state index contributed by atoms with van der Waals surface area (Å²) in [5.41, 5.74) is 1.19. The van der Waals surface area contributed by atoms with Crippen molar-refractivity contribution in [3.8, 4) is 0 Å². The molecular formula is C14H20Cl2N2. The second-order valence-electron chi connectivity index (χ2n) is 5.19. The highest BCUT2D eigenvalue weighted by atomic mass is 35.5. The smallest absolute Gasteiger partial charge is 0.0424 e. The van der Waals surface area contributed by atoms with Crippen molar-refractivity contribution in [2.75, 3.05) is 13.1 Å². The first-order valence-corrected chi connectivity index (χ1v) is 7.23. The fraction of sp³-hybridized carbons (Fsp3) is 0.571. The van der Waals surface area contributed by atoms with Gasteiger partial charge in [0.05, 0.1) is 0 Å². The Hall–Kier alpha value is -0.280. The van der Waals surface area contributed by atoms with Crippen LogP contribution in [0.2, 0.25) is 10.0 Å². The summed E-state index contributed by atoms with van der Waals surface area (Å²) in [6.45, 7) is 7.58. The summed E-state index contributed by atoms with van der Waals surface area (Å²) in [6.07, 6.45) is 1.21. The summed E-state index contributed by atoms with van der Waals surface area (Å²) in [6, 6.07) is 6.93. The Morgan fingerprint density at radius 3 is 2.44 bits per heavy atom. The van der Waals surface area contributed by atoms with Crippen LogP contribution in [0.25, 0.3) is 0 Å². The van der Waals surface area contributed by atoms with E-state index in [1.165, 1.54) is 12.0 Å². The Labute approximate surface area is 119 Å². The molecule has 0 radical (unpaired) electrons. The van der Waals surface area contributed by atoms with E-state index in [0.29, 0.717) is 22.1 Å². The molecule has 0 unspecified atom stereocenters. The summed E-state index contributed by atoms with van der Waals surface area (Å²) >= 11 is 12.1. The van der Waals surface area contributed by atoms with Crippen molar-refractivity contribution in [1.29, 1.82) is 0 Å². The third kappa shape index (κ3) is 3.61. The number of hydrogen-bond donors (Lipinski definition) is 1. The van der Waals surface area contributed by atoms with Gasteiger partial charge in [-0.15, -0.1) is 0 Å². The van der Waals surface area contributed by atoms with E-state index >= 15 is 0 Å². The highest BCUT2D eigenvalue weighted by Gasteiger charge is 2.24. The Bertz CT molecular complexity index is 381. The molecule has 1 atom stereocenters. The highest BCUT2D eigenvalue weighted by molar-refractivity contribution is 6.34. The van der Waals surface area contributed by atoms with Crippen LogP contribution in [0.4, 0.5) is 0 Å². The third-order valence-corrected chi connectivity index (χ3v) is 3.89. The predicted molar refractivity (Wildman–Crippen MR) is 78.4 cm³/mol. The number of hydrogen-bond acceptors (Lipinski definition) is 2. The number of halogens is 2. The molecule has 0 aromatic heterocycles. The summed E-state index contributed by atoms with van der Waals surface area (Å²) in [4.78, 5) is 2.52. The molecule has 1 fully saturated rings. The first-order valence-electron chi connectivity index (χ1n) is 6.47. The van der Waals surface area contributed by atoms with E-state index in [9.17, 15) is 0 Å². The minimum Gasteiger partial charge on any atom is -0.315 e. The van der Waals surface area contributed by atoms with Crippen LogP contribution in [-0.2, 0) is 6.54 Å². The van der Waals surface area contributed by atoms with Crippen molar-refractivity contribution in [1.82, 2.24) is 10.2 Å². The van der Waals surface area contributed by atoms with E-state index in [4.69, 9.17) is 23.2 Å². The lowest BCUT2D eigenvalue weighted by atomic mass is 10.1. The zero-order chi connectivity index (χ0) is 13.1. The normalized spacial score (nSPS) is 20.0. The first-order chi connectivity index (χ1) is 8.56. The molecule has 100 valence electrons. The Kier molecular flexibility index (Phi) is 4.91. The Balaban J connectivity index is 2.12. The Morgan fingerprint density at radius 1 is 1.28 bits per heavy atom. The number of benzene rings is 1. The number of nitrogens with one attached hydrogen (secondary N) is 1. The molecule has 0 bridgehead atoms. The molecule has 1 saturated heterocycles. The van der Waals surface area contributed by atoms with Crippen LogP contribution in [0.3, 0.4) is 0 Å². The summed E-state index contributed by atoms with van der Waals surface area (Å²) in [7, 11) is 0. The van der Waals surface area contributed by atoms with Crippen molar-refractivity contribution < 1.29 is 0 Å². The summed E-state index contributed by atoms with van der Waals surface area (Å²) in [5, 5.41) is 4.85. The molecule has 1 N–H and O–H groups in total. The predicted octanol–water partition coefficient (Wildman–Crippen LogP) is 3.57. The van der Waals surface area contributed by atoms with Gasteiger partial charge in [-0.1, -0.05) is 23.2 Å². The van der Waals surface area contributed by atoms with Crippen LogP contribution in [0.15, 0.2) is 18.2 Å². The van der Waals surface area contributed by atoms with Crippen LogP contribution in [0.1, 0.15) is 25.8 Å². The zero-order valence-electron chi connectivity index (χ0n) is 10.9. The lowest BCUT2D eigenvalue weighted by Crippen LogP contribution is -2.41. The summed E-state index contributed by atoms with van der Waals surface area (Å²) < 4.78 is 0. The van der Waals surface area contributed by atoms with E-state index in [0.717, 1.165) is 19.6 Å². The minimum absolute atomic E-state index is 0.521. The lowest BCUT2D eigenvalue weighted by molar-refractivity contribution is 0.154. The van der Waals surface area contributed by atoms with Crippen molar-refractivity contribution in [3.63, 3.8) is 0 Å². The number of nitrogens with zero attached hydrogens (tertiary/aromatic N) is 1. The maximum absolute atomic E-state index is 6.06. The van der Waals surface area contributed by atoms with Gasteiger partial charge in [-0.3, -0.25) is 4.90 Å². The monoisotopic (exact) mass is 286 g/mol. The van der Waals surface area contributed by atoms with Gasteiger partial charge < -0.3 is 5.32 Å². The van der Waals surface area contributed by atoms with Crippen molar-refractivity contribution in [3.05, 3.63) is 33.8 Å². The maximum Gasteiger partial charge on any atom is 0.0424 e. The molecule has 1 heterocycles. The molecule has 18 heavy (non-hydrogen) atoms. The minimum atomic E-state index is 0.521. The van der Waals surface area contributed by atoms with E-state index in [1.54, 1.807) is 6.07 Å². The van der Waals surface area contributed by atoms with Gasteiger partial charge in [0.15, 0.2) is 0 Å². The average molecular weight is 287 g/mol. The Morgan fingerprint density at radius 2 is 1.94 bits per heavy atom. The fourth-order valence-electron chi connectivity index (χ4n) is 2.57. The number of rotatable bonds is 4.